The second-order valence-electron chi connectivity index (χ2n) is 4.08. The summed E-state index contributed by atoms with van der Waals surface area (Å²) in [6.07, 6.45) is 3.09. The van der Waals surface area contributed by atoms with Crippen molar-refractivity contribution in [3.8, 4) is 0 Å². The Kier molecular flexibility index (Phi) is 3.24. The van der Waals surface area contributed by atoms with Gasteiger partial charge < -0.3 is 15.4 Å². The van der Waals surface area contributed by atoms with Gasteiger partial charge in [-0.2, -0.15) is 4.98 Å². The molecule has 1 aliphatic rings. The van der Waals surface area contributed by atoms with E-state index < -0.39 is 0 Å². The molecule has 5 nitrogen and oxygen atoms in total. The summed E-state index contributed by atoms with van der Waals surface area (Å²) >= 11 is 0. The molecule has 1 aromatic rings. The van der Waals surface area contributed by atoms with Gasteiger partial charge >= 0.3 is 0 Å². The fourth-order valence-corrected chi connectivity index (χ4v) is 1.93. The molecular weight excluding hydrogens is 204 g/mol. The zero-order chi connectivity index (χ0) is 11.5. The van der Waals surface area contributed by atoms with Gasteiger partial charge in [0, 0.05) is 24.8 Å². The fraction of sp³-hybridized carbons (Fsp3) is 0.636. The van der Waals surface area contributed by atoms with Crippen molar-refractivity contribution in [1.29, 1.82) is 0 Å². The van der Waals surface area contributed by atoms with Crippen LogP contribution in [0.1, 0.15) is 18.9 Å². The standard InChI is InChI=1S/C11H18N4O/c1-3-9-7-15(4-5-16-9)10-8(2)6-13-11(12)14-10/h6,9H,3-5,7H2,1-2H3,(H2,12,13,14). The Morgan fingerprint density at radius 2 is 2.44 bits per heavy atom. The number of aryl methyl sites for hydroxylation is 1. The van der Waals surface area contributed by atoms with E-state index in [0.29, 0.717) is 12.1 Å². The summed E-state index contributed by atoms with van der Waals surface area (Å²) < 4.78 is 5.63. The highest BCUT2D eigenvalue weighted by atomic mass is 16.5. The molecule has 0 radical (unpaired) electrons. The van der Waals surface area contributed by atoms with Crippen LogP contribution in [0.4, 0.5) is 11.8 Å². The Morgan fingerprint density at radius 3 is 3.19 bits per heavy atom. The molecule has 0 spiro atoms. The van der Waals surface area contributed by atoms with Crippen LogP contribution in [0.15, 0.2) is 6.20 Å². The summed E-state index contributed by atoms with van der Waals surface area (Å²) in [5.41, 5.74) is 6.68. The first-order valence-electron chi connectivity index (χ1n) is 5.66. The molecule has 5 heteroatoms. The lowest BCUT2D eigenvalue weighted by Crippen LogP contribution is -2.43. The van der Waals surface area contributed by atoms with E-state index in [1.54, 1.807) is 6.20 Å². The maximum atomic E-state index is 5.63. The summed E-state index contributed by atoms with van der Waals surface area (Å²) in [6, 6.07) is 0. The molecule has 1 aliphatic heterocycles. The Bertz CT molecular complexity index is 369. The molecule has 0 bridgehead atoms. The normalized spacial score (nSPS) is 21.1. The van der Waals surface area contributed by atoms with Crippen molar-refractivity contribution < 1.29 is 4.74 Å². The topological polar surface area (TPSA) is 64.3 Å². The lowest BCUT2D eigenvalue weighted by Gasteiger charge is -2.34. The van der Waals surface area contributed by atoms with Gasteiger partial charge in [-0.1, -0.05) is 6.92 Å². The van der Waals surface area contributed by atoms with E-state index in [1.807, 2.05) is 6.92 Å². The van der Waals surface area contributed by atoms with E-state index in [0.717, 1.165) is 37.5 Å². The summed E-state index contributed by atoms with van der Waals surface area (Å²) in [6.45, 7) is 6.64. The minimum absolute atomic E-state index is 0.296. The average molecular weight is 222 g/mol. The predicted octanol–water partition coefficient (Wildman–Crippen LogP) is 0.982. The van der Waals surface area contributed by atoms with Gasteiger partial charge in [-0.3, -0.25) is 0 Å². The Labute approximate surface area is 95.6 Å². The van der Waals surface area contributed by atoms with Crippen LogP contribution in [0.2, 0.25) is 0 Å². The quantitative estimate of drug-likeness (QED) is 0.808. The van der Waals surface area contributed by atoms with Gasteiger partial charge in [0.05, 0.1) is 12.7 Å². The van der Waals surface area contributed by atoms with Gasteiger partial charge in [0.25, 0.3) is 0 Å². The van der Waals surface area contributed by atoms with E-state index in [4.69, 9.17) is 10.5 Å². The zero-order valence-corrected chi connectivity index (χ0v) is 9.81. The molecule has 2 rings (SSSR count). The van der Waals surface area contributed by atoms with Crippen molar-refractivity contribution in [2.75, 3.05) is 30.3 Å². The largest absolute Gasteiger partial charge is 0.375 e. The zero-order valence-electron chi connectivity index (χ0n) is 9.81. The number of morpholine rings is 1. The smallest absolute Gasteiger partial charge is 0.221 e. The summed E-state index contributed by atoms with van der Waals surface area (Å²) in [5.74, 6) is 1.27. The molecule has 1 unspecified atom stereocenters. The van der Waals surface area contributed by atoms with Crippen molar-refractivity contribution in [2.45, 2.75) is 26.4 Å². The third-order valence-electron chi connectivity index (χ3n) is 2.86. The van der Waals surface area contributed by atoms with Crippen LogP contribution in [0.3, 0.4) is 0 Å². The SMILES string of the molecule is CCC1CN(c2nc(N)ncc2C)CCO1. The number of anilines is 2. The van der Waals surface area contributed by atoms with Crippen molar-refractivity contribution in [3.63, 3.8) is 0 Å². The van der Waals surface area contributed by atoms with Crippen LogP contribution in [0.5, 0.6) is 0 Å². The number of rotatable bonds is 2. The van der Waals surface area contributed by atoms with Crippen LogP contribution >= 0.6 is 0 Å². The molecule has 16 heavy (non-hydrogen) atoms. The van der Waals surface area contributed by atoms with Gasteiger partial charge in [0.15, 0.2) is 0 Å². The third kappa shape index (κ3) is 2.24. The maximum Gasteiger partial charge on any atom is 0.221 e. The molecule has 2 N–H and O–H groups in total. The molecule has 1 fully saturated rings. The van der Waals surface area contributed by atoms with Gasteiger partial charge in [-0.15, -0.1) is 0 Å². The summed E-state index contributed by atoms with van der Waals surface area (Å²) in [7, 11) is 0. The highest BCUT2D eigenvalue weighted by Crippen LogP contribution is 2.20. The second kappa shape index (κ2) is 4.65. The third-order valence-corrected chi connectivity index (χ3v) is 2.86. The van der Waals surface area contributed by atoms with Crippen LogP contribution in [0, 0.1) is 6.92 Å². The van der Waals surface area contributed by atoms with Crippen molar-refractivity contribution in [1.82, 2.24) is 9.97 Å². The van der Waals surface area contributed by atoms with E-state index in [9.17, 15) is 0 Å². The molecule has 0 aromatic carbocycles. The molecular formula is C11H18N4O. The van der Waals surface area contributed by atoms with E-state index in [1.165, 1.54) is 0 Å². The van der Waals surface area contributed by atoms with Gasteiger partial charge in [0.1, 0.15) is 5.82 Å². The monoisotopic (exact) mass is 222 g/mol. The Morgan fingerprint density at radius 1 is 1.62 bits per heavy atom. The van der Waals surface area contributed by atoms with E-state index >= 15 is 0 Å². The molecule has 0 aliphatic carbocycles. The lowest BCUT2D eigenvalue weighted by molar-refractivity contribution is 0.0381. The van der Waals surface area contributed by atoms with Crippen molar-refractivity contribution in [3.05, 3.63) is 11.8 Å². The van der Waals surface area contributed by atoms with E-state index in [-0.39, 0.29) is 0 Å². The van der Waals surface area contributed by atoms with Crippen LogP contribution in [0.25, 0.3) is 0 Å². The van der Waals surface area contributed by atoms with Crippen LogP contribution < -0.4 is 10.6 Å². The Hall–Kier alpha value is -1.36. The number of nitrogen functional groups attached to an aromatic ring is 1. The number of hydrogen-bond donors (Lipinski definition) is 1. The minimum Gasteiger partial charge on any atom is -0.375 e. The predicted molar refractivity (Wildman–Crippen MR) is 63.4 cm³/mol. The number of hydrogen-bond acceptors (Lipinski definition) is 5. The fourth-order valence-electron chi connectivity index (χ4n) is 1.93. The molecule has 1 aromatic heterocycles. The highest BCUT2D eigenvalue weighted by Gasteiger charge is 2.21. The Balaban J connectivity index is 2.19. The number of aromatic nitrogens is 2. The molecule has 1 atom stereocenters. The summed E-state index contributed by atoms with van der Waals surface area (Å²) in [4.78, 5) is 10.5. The lowest BCUT2D eigenvalue weighted by atomic mass is 10.2. The average Bonchev–Trinajstić information content (AvgIpc) is 2.32. The van der Waals surface area contributed by atoms with Gasteiger partial charge in [-0.05, 0) is 13.3 Å². The summed E-state index contributed by atoms with van der Waals surface area (Å²) in [5, 5.41) is 0. The highest BCUT2D eigenvalue weighted by molar-refractivity contribution is 5.48. The molecule has 1 saturated heterocycles. The first-order valence-corrected chi connectivity index (χ1v) is 5.66. The number of ether oxygens (including phenoxy) is 1. The van der Waals surface area contributed by atoms with Crippen molar-refractivity contribution >= 4 is 11.8 Å². The molecule has 0 saturated carbocycles. The number of nitrogens with zero attached hydrogens (tertiary/aromatic N) is 3. The van der Waals surface area contributed by atoms with Gasteiger partial charge in [-0.25, -0.2) is 4.98 Å². The van der Waals surface area contributed by atoms with E-state index in [2.05, 4.69) is 21.8 Å². The molecule has 2 heterocycles. The van der Waals surface area contributed by atoms with Crippen LogP contribution in [-0.2, 0) is 4.74 Å². The molecule has 0 amide bonds. The van der Waals surface area contributed by atoms with Gasteiger partial charge in [0.2, 0.25) is 5.95 Å². The van der Waals surface area contributed by atoms with Crippen molar-refractivity contribution in [2.24, 2.45) is 0 Å². The maximum absolute atomic E-state index is 5.63. The second-order valence-corrected chi connectivity index (χ2v) is 4.08. The minimum atomic E-state index is 0.296. The number of nitrogens with two attached hydrogens (primary N) is 1. The molecule has 88 valence electrons. The first kappa shape index (κ1) is 11.1. The first-order chi connectivity index (χ1) is 7.70. The van der Waals surface area contributed by atoms with Crippen LogP contribution in [-0.4, -0.2) is 35.8 Å².